The third-order valence-corrected chi connectivity index (χ3v) is 5.35. The van der Waals surface area contributed by atoms with Gasteiger partial charge in [-0.3, -0.25) is 4.79 Å². The summed E-state index contributed by atoms with van der Waals surface area (Å²) >= 11 is 0. The van der Waals surface area contributed by atoms with Crippen LogP contribution in [-0.4, -0.2) is 18.0 Å². The average Bonchev–Trinajstić information content (AvgIpc) is 2.70. The standard InChI is InChI=1S/C18H26N2O/c1-11(2)16(18(19)21)20-17-14-7-8-15(17)10-13-6-4-3-5-12(13)9-14/h3-6,11,14-17,20H,7-10H2,1-2H3,(H2,19,21). The first-order chi connectivity index (χ1) is 10.1. The topological polar surface area (TPSA) is 55.1 Å². The van der Waals surface area contributed by atoms with Gasteiger partial charge in [0.2, 0.25) is 5.91 Å². The molecule has 3 rings (SSSR count). The molecule has 114 valence electrons. The van der Waals surface area contributed by atoms with Crippen molar-refractivity contribution in [1.82, 2.24) is 5.32 Å². The monoisotopic (exact) mass is 286 g/mol. The van der Waals surface area contributed by atoms with Crippen LogP contribution in [0.3, 0.4) is 0 Å². The van der Waals surface area contributed by atoms with Gasteiger partial charge in [-0.15, -0.1) is 0 Å². The minimum atomic E-state index is -0.217. The Kier molecular flexibility index (Phi) is 4.03. The summed E-state index contributed by atoms with van der Waals surface area (Å²) in [6.07, 6.45) is 4.79. The van der Waals surface area contributed by atoms with E-state index in [2.05, 4.69) is 43.4 Å². The van der Waals surface area contributed by atoms with Gasteiger partial charge in [-0.1, -0.05) is 38.1 Å². The fraction of sp³-hybridized carbons (Fsp3) is 0.611. The maximum Gasteiger partial charge on any atom is 0.234 e. The van der Waals surface area contributed by atoms with Crippen molar-refractivity contribution in [2.75, 3.05) is 0 Å². The van der Waals surface area contributed by atoms with Crippen molar-refractivity contribution >= 4 is 5.91 Å². The molecule has 0 radical (unpaired) electrons. The third kappa shape index (κ3) is 2.84. The zero-order valence-electron chi connectivity index (χ0n) is 13.0. The van der Waals surface area contributed by atoms with Crippen LogP contribution in [0.4, 0.5) is 0 Å². The van der Waals surface area contributed by atoms with Gasteiger partial charge in [0, 0.05) is 6.04 Å². The number of carbonyl (C=O) groups is 1. The van der Waals surface area contributed by atoms with Crippen molar-refractivity contribution in [2.24, 2.45) is 23.5 Å². The normalized spacial score (nSPS) is 29.0. The minimum absolute atomic E-state index is 0.209. The smallest absolute Gasteiger partial charge is 0.234 e. The molecule has 1 fully saturated rings. The molecule has 0 spiro atoms. The lowest BCUT2D eigenvalue weighted by Gasteiger charge is -2.30. The second-order valence-electron chi connectivity index (χ2n) is 7.09. The molecule has 3 atom stereocenters. The molecule has 3 N–H and O–H groups in total. The molecule has 1 saturated carbocycles. The number of benzene rings is 1. The SMILES string of the molecule is CC(C)C(NC1C2CCC1Cc1ccccc1C2)C(N)=O. The highest BCUT2D eigenvalue weighted by Crippen LogP contribution is 2.40. The fourth-order valence-electron chi connectivity index (χ4n) is 4.23. The molecule has 0 saturated heterocycles. The molecule has 0 aromatic heterocycles. The van der Waals surface area contributed by atoms with Gasteiger partial charge in [-0.25, -0.2) is 0 Å². The average molecular weight is 286 g/mol. The highest BCUT2D eigenvalue weighted by molar-refractivity contribution is 5.80. The number of nitrogens with one attached hydrogen (secondary N) is 1. The van der Waals surface area contributed by atoms with Gasteiger partial charge in [0.1, 0.15) is 0 Å². The molecule has 3 nitrogen and oxygen atoms in total. The number of nitrogens with two attached hydrogens (primary N) is 1. The molecule has 0 heterocycles. The summed E-state index contributed by atoms with van der Waals surface area (Å²) in [7, 11) is 0. The molecule has 21 heavy (non-hydrogen) atoms. The van der Waals surface area contributed by atoms with Crippen molar-refractivity contribution < 1.29 is 4.79 Å². The summed E-state index contributed by atoms with van der Waals surface area (Å²) in [5.74, 6) is 1.30. The molecule has 2 aliphatic rings. The van der Waals surface area contributed by atoms with E-state index in [0.29, 0.717) is 17.9 Å². The van der Waals surface area contributed by atoms with Gasteiger partial charge in [-0.05, 0) is 54.6 Å². The molecule has 1 aromatic carbocycles. The summed E-state index contributed by atoms with van der Waals surface area (Å²) in [5.41, 5.74) is 8.58. The molecule has 1 amide bonds. The first kappa shape index (κ1) is 14.6. The van der Waals surface area contributed by atoms with Crippen LogP contribution in [0.5, 0.6) is 0 Å². The van der Waals surface area contributed by atoms with E-state index < -0.39 is 0 Å². The maximum atomic E-state index is 11.7. The van der Waals surface area contributed by atoms with Crippen LogP contribution in [0, 0.1) is 17.8 Å². The van der Waals surface area contributed by atoms with Gasteiger partial charge in [-0.2, -0.15) is 0 Å². The fourth-order valence-corrected chi connectivity index (χ4v) is 4.23. The Labute approximate surface area is 127 Å². The van der Waals surface area contributed by atoms with Crippen molar-refractivity contribution in [3.63, 3.8) is 0 Å². The van der Waals surface area contributed by atoms with Gasteiger partial charge in [0.15, 0.2) is 0 Å². The maximum absolute atomic E-state index is 11.7. The van der Waals surface area contributed by atoms with Crippen LogP contribution in [0.25, 0.3) is 0 Å². The molecule has 2 aliphatic carbocycles. The number of amides is 1. The summed E-state index contributed by atoms with van der Waals surface area (Å²) in [5, 5.41) is 3.62. The van der Waals surface area contributed by atoms with E-state index in [1.165, 1.54) is 24.0 Å². The van der Waals surface area contributed by atoms with Crippen molar-refractivity contribution in [3.8, 4) is 0 Å². The summed E-state index contributed by atoms with van der Waals surface area (Å²) in [4.78, 5) is 11.7. The quantitative estimate of drug-likeness (QED) is 0.892. The van der Waals surface area contributed by atoms with Crippen molar-refractivity contribution in [2.45, 2.75) is 51.6 Å². The predicted molar refractivity (Wildman–Crippen MR) is 84.8 cm³/mol. The Morgan fingerprint density at radius 3 is 2.10 bits per heavy atom. The lowest BCUT2D eigenvalue weighted by Crippen LogP contribution is -2.52. The highest BCUT2D eigenvalue weighted by Gasteiger charge is 2.40. The zero-order valence-corrected chi connectivity index (χ0v) is 13.0. The number of primary amides is 1. The number of rotatable bonds is 4. The van der Waals surface area contributed by atoms with E-state index in [0.717, 1.165) is 12.8 Å². The van der Waals surface area contributed by atoms with Crippen LogP contribution in [0.1, 0.15) is 37.8 Å². The Hall–Kier alpha value is -1.35. The van der Waals surface area contributed by atoms with Crippen LogP contribution >= 0.6 is 0 Å². The van der Waals surface area contributed by atoms with E-state index in [4.69, 9.17) is 5.73 Å². The summed E-state index contributed by atoms with van der Waals surface area (Å²) < 4.78 is 0. The third-order valence-electron chi connectivity index (χ3n) is 5.35. The Morgan fingerprint density at radius 1 is 1.14 bits per heavy atom. The van der Waals surface area contributed by atoms with Crippen LogP contribution in [0.15, 0.2) is 24.3 Å². The van der Waals surface area contributed by atoms with E-state index in [-0.39, 0.29) is 17.9 Å². The van der Waals surface area contributed by atoms with E-state index in [1.807, 2.05) is 0 Å². The van der Waals surface area contributed by atoms with E-state index in [9.17, 15) is 4.79 Å². The summed E-state index contributed by atoms with van der Waals surface area (Å²) in [6.45, 7) is 4.13. The lowest BCUT2D eigenvalue weighted by molar-refractivity contribution is -0.121. The molecule has 3 heteroatoms. The van der Waals surface area contributed by atoms with Crippen LogP contribution in [0.2, 0.25) is 0 Å². The zero-order chi connectivity index (χ0) is 15.0. The lowest BCUT2D eigenvalue weighted by atomic mass is 9.92. The number of carbonyl (C=O) groups excluding carboxylic acids is 1. The van der Waals surface area contributed by atoms with Crippen molar-refractivity contribution in [1.29, 1.82) is 0 Å². The molecule has 0 aliphatic heterocycles. The number of fused-ring (bicyclic) bond motifs is 3. The van der Waals surface area contributed by atoms with E-state index >= 15 is 0 Å². The second kappa shape index (κ2) is 5.80. The molecule has 3 unspecified atom stereocenters. The molecule has 1 aromatic rings. The Bertz CT molecular complexity index is 493. The Balaban J connectivity index is 1.81. The number of hydrogen-bond acceptors (Lipinski definition) is 2. The second-order valence-corrected chi connectivity index (χ2v) is 7.09. The Morgan fingerprint density at radius 2 is 1.67 bits per heavy atom. The van der Waals surface area contributed by atoms with Gasteiger partial charge in [0.25, 0.3) is 0 Å². The van der Waals surface area contributed by atoms with Gasteiger partial charge in [0.05, 0.1) is 6.04 Å². The van der Waals surface area contributed by atoms with Crippen molar-refractivity contribution in [3.05, 3.63) is 35.4 Å². The first-order valence-corrected chi connectivity index (χ1v) is 8.18. The van der Waals surface area contributed by atoms with E-state index in [1.54, 1.807) is 0 Å². The predicted octanol–water partition coefficient (Wildman–Crippen LogP) is 2.28. The van der Waals surface area contributed by atoms with Gasteiger partial charge < -0.3 is 11.1 Å². The largest absolute Gasteiger partial charge is 0.368 e. The molecule has 2 bridgehead atoms. The number of hydrogen-bond donors (Lipinski definition) is 2. The summed E-state index contributed by atoms with van der Waals surface area (Å²) in [6, 6.07) is 9.03. The highest BCUT2D eigenvalue weighted by atomic mass is 16.1. The van der Waals surface area contributed by atoms with Crippen LogP contribution < -0.4 is 11.1 Å². The van der Waals surface area contributed by atoms with Gasteiger partial charge >= 0.3 is 0 Å². The molecular formula is C18H26N2O. The van der Waals surface area contributed by atoms with Crippen LogP contribution in [-0.2, 0) is 17.6 Å². The minimum Gasteiger partial charge on any atom is -0.368 e. The first-order valence-electron chi connectivity index (χ1n) is 8.18. The molecular weight excluding hydrogens is 260 g/mol.